The van der Waals surface area contributed by atoms with Gasteiger partial charge in [-0.25, -0.2) is 0 Å². The number of nitrogens with one attached hydrogen (secondary N) is 1. The molecule has 7 heteroatoms. The fourth-order valence-corrected chi connectivity index (χ4v) is 2.97. The summed E-state index contributed by atoms with van der Waals surface area (Å²) in [5.74, 6) is -0.560. The summed E-state index contributed by atoms with van der Waals surface area (Å²) in [4.78, 5) is 27.5. The number of thiophene rings is 1. The summed E-state index contributed by atoms with van der Waals surface area (Å²) in [5, 5.41) is 3.44. The first-order valence-corrected chi connectivity index (χ1v) is 8.67. The Hall–Kier alpha value is -1.82. The molecule has 0 aliphatic heterocycles. The normalized spacial score (nSPS) is 10.8. The molecule has 0 atom stereocenters. The van der Waals surface area contributed by atoms with Gasteiger partial charge in [0.2, 0.25) is 11.8 Å². The van der Waals surface area contributed by atoms with Gasteiger partial charge < -0.3 is 10.2 Å². The first-order valence-electron chi connectivity index (χ1n) is 7.09. The molecular weight excluding hydrogens is 367 g/mol. The minimum Gasteiger partial charge on any atom is -0.333 e. The van der Waals surface area contributed by atoms with Crippen LogP contribution < -0.4 is 5.32 Å². The van der Waals surface area contributed by atoms with Gasteiger partial charge in [-0.15, -0.1) is 11.3 Å². The maximum Gasteiger partial charge on any atom is 0.246 e. The van der Waals surface area contributed by atoms with E-state index in [1.807, 2.05) is 19.1 Å². The van der Waals surface area contributed by atoms with E-state index in [1.54, 1.807) is 42.7 Å². The van der Waals surface area contributed by atoms with Crippen LogP contribution in [-0.2, 0) is 9.59 Å². The number of hydrogen-bond donors (Lipinski definition) is 1. The van der Waals surface area contributed by atoms with Crippen LogP contribution in [0.15, 0.2) is 36.4 Å². The highest BCUT2D eigenvalue weighted by molar-refractivity contribution is 7.12. The van der Waals surface area contributed by atoms with Crippen molar-refractivity contribution in [2.24, 2.45) is 0 Å². The lowest BCUT2D eigenvalue weighted by Crippen LogP contribution is -2.33. The molecule has 0 saturated heterocycles. The Balaban J connectivity index is 1.89. The van der Waals surface area contributed by atoms with Crippen molar-refractivity contribution in [2.75, 3.05) is 18.9 Å². The second-order valence-corrected chi connectivity index (χ2v) is 7.29. The highest BCUT2D eigenvalue weighted by Crippen LogP contribution is 2.24. The van der Waals surface area contributed by atoms with Crippen LogP contribution in [0.25, 0.3) is 6.08 Å². The summed E-state index contributed by atoms with van der Waals surface area (Å²) in [6.07, 6.45) is 3.20. The Morgan fingerprint density at radius 2 is 1.96 bits per heavy atom. The number of halogens is 2. The van der Waals surface area contributed by atoms with Crippen molar-refractivity contribution in [3.63, 3.8) is 0 Å². The number of hydrogen-bond acceptors (Lipinski definition) is 3. The average molecular weight is 383 g/mol. The Morgan fingerprint density at radius 1 is 1.21 bits per heavy atom. The Kier molecular flexibility index (Phi) is 6.43. The van der Waals surface area contributed by atoms with Crippen LogP contribution in [0.4, 0.5) is 5.69 Å². The van der Waals surface area contributed by atoms with E-state index in [0.717, 1.165) is 4.88 Å². The average Bonchev–Trinajstić information content (AvgIpc) is 2.94. The summed E-state index contributed by atoms with van der Waals surface area (Å²) in [6.45, 7) is 1.94. The minimum absolute atomic E-state index is 0.0626. The number of amides is 2. The van der Waals surface area contributed by atoms with Crippen LogP contribution in [0.5, 0.6) is 0 Å². The third kappa shape index (κ3) is 5.37. The van der Waals surface area contributed by atoms with E-state index >= 15 is 0 Å². The standard InChI is InChI=1S/C17H16Cl2N2O2S/c1-11-3-5-13(24-11)6-8-17(23)21(2)10-16(22)20-12-4-7-14(18)15(19)9-12/h3-9H,10H2,1-2H3,(H,20,22)/b8-6+. The molecule has 0 aliphatic carbocycles. The van der Waals surface area contributed by atoms with E-state index in [-0.39, 0.29) is 18.4 Å². The molecule has 2 amide bonds. The van der Waals surface area contributed by atoms with E-state index in [2.05, 4.69) is 5.32 Å². The maximum atomic E-state index is 12.0. The lowest BCUT2D eigenvalue weighted by Gasteiger charge is -2.15. The van der Waals surface area contributed by atoms with Gasteiger partial charge in [0.25, 0.3) is 0 Å². The fraction of sp³-hybridized carbons (Fsp3) is 0.176. The number of carbonyl (C=O) groups excluding carboxylic acids is 2. The number of rotatable bonds is 5. The summed E-state index contributed by atoms with van der Waals surface area (Å²) in [7, 11) is 1.57. The van der Waals surface area contributed by atoms with Crippen LogP contribution in [0.2, 0.25) is 10.0 Å². The molecular formula is C17H16Cl2N2O2S. The summed E-state index contributed by atoms with van der Waals surface area (Å²) < 4.78 is 0. The predicted molar refractivity (Wildman–Crippen MR) is 101 cm³/mol. The topological polar surface area (TPSA) is 49.4 Å². The molecule has 4 nitrogen and oxygen atoms in total. The largest absolute Gasteiger partial charge is 0.333 e. The van der Waals surface area contributed by atoms with Gasteiger partial charge in [0, 0.05) is 28.6 Å². The number of aryl methyl sites for hydroxylation is 1. The molecule has 0 saturated carbocycles. The summed E-state index contributed by atoms with van der Waals surface area (Å²) >= 11 is 13.3. The van der Waals surface area contributed by atoms with Crippen molar-refractivity contribution in [3.05, 3.63) is 56.2 Å². The van der Waals surface area contributed by atoms with E-state index in [4.69, 9.17) is 23.2 Å². The smallest absolute Gasteiger partial charge is 0.246 e. The maximum absolute atomic E-state index is 12.0. The van der Waals surface area contributed by atoms with Crippen molar-refractivity contribution < 1.29 is 9.59 Å². The van der Waals surface area contributed by atoms with Crippen molar-refractivity contribution in [2.45, 2.75) is 6.92 Å². The minimum atomic E-state index is -0.315. The molecule has 1 heterocycles. The Bertz CT molecular complexity index is 787. The zero-order valence-corrected chi connectivity index (χ0v) is 15.5. The zero-order chi connectivity index (χ0) is 17.7. The van der Waals surface area contributed by atoms with Gasteiger partial charge in [-0.1, -0.05) is 23.2 Å². The summed E-state index contributed by atoms with van der Waals surface area (Å²) in [6, 6.07) is 8.74. The first-order chi connectivity index (χ1) is 11.3. The van der Waals surface area contributed by atoms with E-state index in [0.29, 0.717) is 15.7 Å². The van der Waals surface area contributed by atoms with Crippen LogP contribution in [0.1, 0.15) is 9.75 Å². The third-order valence-corrected chi connectivity index (χ3v) is 4.82. The third-order valence-electron chi connectivity index (χ3n) is 3.11. The van der Waals surface area contributed by atoms with Crippen molar-refractivity contribution >= 4 is 58.1 Å². The molecule has 2 aromatic rings. The van der Waals surface area contributed by atoms with Crippen LogP contribution in [-0.4, -0.2) is 30.3 Å². The van der Waals surface area contributed by atoms with Crippen molar-refractivity contribution in [1.82, 2.24) is 4.90 Å². The second kappa shape index (κ2) is 8.33. The molecule has 0 fully saturated rings. The monoisotopic (exact) mass is 382 g/mol. The highest BCUT2D eigenvalue weighted by Gasteiger charge is 2.11. The van der Waals surface area contributed by atoms with Gasteiger partial charge in [-0.05, 0) is 43.3 Å². The lowest BCUT2D eigenvalue weighted by atomic mass is 10.3. The quantitative estimate of drug-likeness (QED) is 0.775. The van der Waals surface area contributed by atoms with Gasteiger partial charge in [0.05, 0.1) is 16.6 Å². The van der Waals surface area contributed by atoms with Gasteiger partial charge in [0.1, 0.15) is 0 Å². The molecule has 24 heavy (non-hydrogen) atoms. The van der Waals surface area contributed by atoms with Crippen molar-refractivity contribution in [1.29, 1.82) is 0 Å². The number of anilines is 1. The van der Waals surface area contributed by atoms with E-state index in [9.17, 15) is 9.59 Å². The Labute approximate surface area is 154 Å². The highest BCUT2D eigenvalue weighted by atomic mass is 35.5. The molecule has 0 bridgehead atoms. The number of benzene rings is 1. The molecule has 2 rings (SSSR count). The SMILES string of the molecule is Cc1ccc(/C=C/C(=O)N(C)CC(=O)Nc2ccc(Cl)c(Cl)c2)s1. The molecule has 126 valence electrons. The second-order valence-electron chi connectivity index (χ2n) is 5.15. The fourth-order valence-electron chi connectivity index (χ4n) is 1.89. The number of carbonyl (C=O) groups is 2. The predicted octanol–water partition coefficient (Wildman–Crippen LogP) is 4.47. The van der Waals surface area contributed by atoms with Gasteiger partial charge >= 0.3 is 0 Å². The van der Waals surface area contributed by atoms with Gasteiger partial charge in [-0.3, -0.25) is 9.59 Å². The molecule has 0 aliphatic rings. The van der Waals surface area contributed by atoms with Crippen LogP contribution in [0, 0.1) is 6.92 Å². The number of likely N-dealkylation sites (N-methyl/N-ethyl adjacent to an activating group) is 1. The molecule has 0 radical (unpaired) electrons. The number of nitrogens with zero attached hydrogens (tertiary/aromatic N) is 1. The molecule has 1 N–H and O–H groups in total. The van der Waals surface area contributed by atoms with Crippen LogP contribution in [0.3, 0.4) is 0 Å². The summed E-state index contributed by atoms with van der Waals surface area (Å²) in [5.41, 5.74) is 0.528. The van der Waals surface area contributed by atoms with Gasteiger partial charge in [0.15, 0.2) is 0 Å². The molecule has 1 aromatic heterocycles. The van der Waals surface area contributed by atoms with E-state index < -0.39 is 0 Å². The first kappa shape index (κ1) is 18.5. The van der Waals surface area contributed by atoms with Gasteiger partial charge in [-0.2, -0.15) is 0 Å². The Morgan fingerprint density at radius 3 is 2.58 bits per heavy atom. The molecule has 1 aromatic carbocycles. The van der Waals surface area contributed by atoms with E-state index in [1.165, 1.54) is 15.9 Å². The van der Waals surface area contributed by atoms with Crippen LogP contribution >= 0.6 is 34.5 Å². The van der Waals surface area contributed by atoms with Crippen molar-refractivity contribution in [3.8, 4) is 0 Å². The molecule has 0 spiro atoms. The lowest BCUT2D eigenvalue weighted by molar-refractivity contribution is -0.129. The molecule has 0 unspecified atom stereocenters. The zero-order valence-electron chi connectivity index (χ0n) is 13.2.